The van der Waals surface area contributed by atoms with E-state index in [4.69, 9.17) is 15.2 Å². The minimum atomic E-state index is -5.83. The van der Waals surface area contributed by atoms with Gasteiger partial charge in [0.15, 0.2) is 6.23 Å². The number of rotatable bonds is 16. The van der Waals surface area contributed by atoms with Gasteiger partial charge in [0.2, 0.25) is 11.7 Å². The van der Waals surface area contributed by atoms with E-state index >= 15 is 0 Å². The number of aliphatic hydroxyl groups excluding tert-OH is 6. The number of ether oxygens (including phenoxy) is 2. The van der Waals surface area contributed by atoms with Crippen LogP contribution < -0.4 is 91.2 Å². The molecule has 9 unspecified atom stereocenters. The molecule has 1 aromatic heterocycles. The number of hydrogen-bond donors (Lipinski definition) is 9. The summed E-state index contributed by atoms with van der Waals surface area (Å²) < 4.78 is 33.3. The predicted octanol–water partition coefficient (Wildman–Crippen LogP) is -3.87. The van der Waals surface area contributed by atoms with Crippen LogP contribution in [0.15, 0.2) is 17.1 Å². The molecule has 3 heterocycles. The van der Waals surface area contributed by atoms with Crippen LogP contribution in [-0.2, 0) is 32.7 Å². The fraction of sp³-hybridized carbons (Fsp3) is 0.857. The number of carboxylic acids is 1. The van der Waals surface area contributed by atoms with E-state index in [-0.39, 0.29) is 78.9 Å². The van der Waals surface area contributed by atoms with E-state index in [1.54, 1.807) is 0 Å². The van der Waals surface area contributed by atoms with Crippen LogP contribution in [0.25, 0.3) is 0 Å². The maximum atomic E-state index is 12.7. The number of likely N-dealkylation sites (N-methyl/N-ethyl adjacent to an activating group) is 1. The molecule has 0 bridgehead atoms. The van der Waals surface area contributed by atoms with Crippen molar-refractivity contribution in [2.75, 3.05) is 32.5 Å². The first-order valence-electron chi connectivity index (χ1n) is 22.3. The number of nitrogens with two attached hydrogens (primary N) is 1. The number of aliphatic hydroxyl groups is 6. The van der Waals surface area contributed by atoms with Crippen molar-refractivity contribution in [2.45, 2.75) is 210 Å². The molecule has 0 radical (unpaired) electrons. The van der Waals surface area contributed by atoms with Crippen molar-refractivity contribution in [2.24, 2.45) is 0 Å². The number of nitrogens with zero attached hydrogens (tertiary/aromatic N) is 2. The molecule has 0 spiro atoms. The molecule has 0 aromatic carbocycles. The van der Waals surface area contributed by atoms with Crippen molar-refractivity contribution < 1.29 is 132 Å². The number of nitrogen functional groups attached to an aromatic ring is 1. The first-order valence-corrected chi connectivity index (χ1v) is 23.8. The number of phosphoric acid groups is 1. The maximum Gasteiger partial charge on any atom is 1.00 e. The first kappa shape index (κ1) is 82.3. The molecule has 0 saturated carbocycles. The van der Waals surface area contributed by atoms with Crippen LogP contribution in [0.4, 0.5) is 5.82 Å². The molecule has 21 nitrogen and oxygen atoms in total. The van der Waals surface area contributed by atoms with Crippen molar-refractivity contribution in [3.63, 3.8) is 0 Å². The van der Waals surface area contributed by atoms with Gasteiger partial charge in [-0.15, -0.1) is 0 Å². The number of anilines is 1. The van der Waals surface area contributed by atoms with Crippen LogP contribution in [0.2, 0.25) is 0 Å². The monoisotopic (exact) mass is 998 g/mol. The second-order valence-electron chi connectivity index (χ2n) is 12.7. The summed E-state index contributed by atoms with van der Waals surface area (Å²) in [5.74, 6) is -6.72. The summed E-state index contributed by atoms with van der Waals surface area (Å²) in [4.78, 5) is 52.5. The topological polar surface area (TPSA) is 341 Å². The maximum absolute atomic E-state index is 12.7. The Balaban J connectivity index is -0.000000209. The number of carboxylic acid groups (broad SMARTS) is 1. The van der Waals surface area contributed by atoms with Gasteiger partial charge in [-0.3, -0.25) is 18.5 Å². The first-order chi connectivity index (χ1) is 29.8. The zero-order valence-electron chi connectivity index (χ0n) is 42.6. The van der Waals surface area contributed by atoms with Gasteiger partial charge in [0.1, 0.15) is 48.4 Å². The van der Waals surface area contributed by atoms with Crippen LogP contribution in [-0.4, -0.2) is 133 Å². The average molecular weight is 998 g/mol. The smallest absolute Gasteiger partial charge is 0.756 e. The number of phosphoric ester groups is 1. The second-order valence-corrected chi connectivity index (χ2v) is 14.0. The molecule has 1 amide bonds. The largest absolute Gasteiger partial charge is 1.00 e. The van der Waals surface area contributed by atoms with E-state index in [1.165, 1.54) is 51.6 Å². The molecule has 3 rings (SSSR count). The fourth-order valence-corrected chi connectivity index (χ4v) is 5.40. The van der Waals surface area contributed by atoms with Gasteiger partial charge in [-0.1, -0.05) is 143 Å². The molecular formula is C42H90N5Na2O16P. The molecular weight excluding hydrogens is 907 g/mol. The second kappa shape index (κ2) is 49.4. The van der Waals surface area contributed by atoms with Gasteiger partial charge in [0, 0.05) is 12.6 Å². The van der Waals surface area contributed by atoms with Gasteiger partial charge in [-0.25, -0.2) is 4.79 Å². The Morgan fingerprint density at radius 2 is 1.39 bits per heavy atom. The van der Waals surface area contributed by atoms with Crippen LogP contribution in [0.3, 0.4) is 0 Å². The van der Waals surface area contributed by atoms with Gasteiger partial charge in [0.25, 0.3) is 7.82 Å². The van der Waals surface area contributed by atoms with Gasteiger partial charge in [0.05, 0.1) is 31.9 Å². The molecule has 2 aliphatic heterocycles. The standard InChI is InChI=1S/C21H34N5O16P.3C4H10.4C2H6.CH4.2Na/c1-23-5-12(30)25-13-8(28)4-21(19(34)35,41-17(13)14(31)9(29)6-27)42-43(37,38)39-7-10-15(32)16(33)18(40-10)26-3-2-11(22)24-20(26)36;3*1-3-4-2;4*1-2;;;/h2-3,8-10,13-18,23,27-29,31-33H,4-7H2,1H3,(H,25,30)(H,34,35)(H,37,38)(H2,22,24,36);3*3-4H2,1-2H3;4*1-2H3;1H4;;/q;;;;;;;;;2*+1/p-2/t8?,9-,10?,13?,14-,15?,16?,17?,18?,21?;;;;;;;;;;/m1........../s1. The Hall–Kier alpha value is -0.630. The fourth-order valence-electron chi connectivity index (χ4n) is 4.46. The van der Waals surface area contributed by atoms with Crippen LogP contribution in [0.1, 0.15) is 156 Å². The van der Waals surface area contributed by atoms with E-state index in [9.17, 15) is 59.6 Å². The van der Waals surface area contributed by atoms with Gasteiger partial charge >= 0.3 is 64.8 Å². The molecule has 2 saturated heterocycles. The number of carbonyl (C=O) groups is 2. The van der Waals surface area contributed by atoms with Crippen molar-refractivity contribution in [3.8, 4) is 0 Å². The number of amides is 1. The molecule has 66 heavy (non-hydrogen) atoms. The molecule has 0 aliphatic carbocycles. The van der Waals surface area contributed by atoms with E-state index in [0.717, 1.165) is 10.8 Å². The minimum absolute atomic E-state index is 0. The molecule has 2 fully saturated rings. The summed E-state index contributed by atoms with van der Waals surface area (Å²) in [6, 6.07) is -0.460. The zero-order valence-corrected chi connectivity index (χ0v) is 47.5. The van der Waals surface area contributed by atoms with Crippen LogP contribution >= 0.6 is 7.82 Å². The third-order valence-corrected chi connectivity index (χ3v) is 9.07. The minimum Gasteiger partial charge on any atom is -0.756 e. The van der Waals surface area contributed by atoms with Gasteiger partial charge in [-0.05, 0) is 13.1 Å². The SMILES string of the molecule is C.CC.CC.CC.CC.CCCC.CCCC.CCCC.CNCC(=O)NC1C(O)CC(OP(=O)([O-])OCC2OC(n3ccc(N)nc3=O)C(O)C2O)(C(=O)[O-])OC1[C@H](O)[C@H](O)CO.[Na+].[Na+]. The Bertz CT molecular complexity index is 1360. The van der Waals surface area contributed by atoms with E-state index in [2.05, 4.69) is 66.2 Å². The summed E-state index contributed by atoms with van der Waals surface area (Å²) in [7, 11) is -4.42. The Morgan fingerprint density at radius 3 is 1.77 bits per heavy atom. The zero-order chi connectivity index (χ0) is 50.5. The summed E-state index contributed by atoms with van der Waals surface area (Å²) in [6.07, 6.45) is -7.33. The number of unbranched alkanes of at least 4 members (excludes halogenated alkanes) is 3. The third kappa shape index (κ3) is 31.6. The average Bonchev–Trinajstić information content (AvgIpc) is 3.57. The van der Waals surface area contributed by atoms with Crippen LogP contribution in [0.5, 0.6) is 0 Å². The third-order valence-electron chi connectivity index (χ3n) is 8.09. The van der Waals surface area contributed by atoms with Crippen LogP contribution in [0, 0.1) is 0 Å². The molecule has 24 heteroatoms. The van der Waals surface area contributed by atoms with Crippen molar-refractivity contribution in [1.29, 1.82) is 0 Å². The van der Waals surface area contributed by atoms with E-state index in [0.29, 0.717) is 0 Å². The van der Waals surface area contributed by atoms with E-state index < -0.39 is 106 Å². The quantitative estimate of drug-likeness (QED) is 0.0565. The Labute approximate surface area is 440 Å². The number of carbonyl (C=O) groups excluding carboxylic acids is 2. The van der Waals surface area contributed by atoms with Crippen molar-refractivity contribution in [3.05, 3.63) is 22.7 Å². The number of nitrogens with one attached hydrogen (secondary N) is 2. The van der Waals surface area contributed by atoms with E-state index in [1.807, 2.05) is 55.4 Å². The number of aliphatic carboxylic acids is 1. The molecule has 386 valence electrons. The summed E-state index contributed by atoms with van der Waals surface area (Å²) in [6.45, 7) is 26.6. The molecule has 1 aromatic rings. The summed E-state index contributed by atoms with van der Waals surface area (Å²) in [5, 5.41) is 77.8. The normalized spacial score (nSPS) is 23.8. The Morgan fingerprint density at radius 1 is 0.939 bits per heavy atom. The van der Waals surface area contributed by atoms with Crippen molar-refractivity contribution >= 4 is 25.5 Å². The van der Waals surface area contributed by atoms with Gasteiger partial charge in [-0.2, -0.15) is 4.98 Å². The van der Waals surface area contributed by atoms with Gasteiger partial charge < -0.3 is 75.8 Å². The molecule has 10 N–H and O–H groups in total. The summed E-state index contributed by atoms with van der Waals surface area (Å²) >= 11 is 0. The number of aromatic nitrogens is 2. The summed E-state index contributed by atoms with van der Waals surface area (Å²) in [5.41, 5.74) is 4.44. The predicted molar refractivity (Wildman–Crippen MR) is 246 cm³/mol. The molecule has 2 aliphatic rings. The van der Waals surface area contributed by atoms with Crippen molar-refractivity contribution in [1.82, 2.24) is 20.2 Å². The molecule has 11 atom stereocenters. The Kier molecular flexibility index (Phi) is 61.5. The number of hydrogen-bond acceptors (Lipinski definition) is 19.